The maximum absolute atomic E-state index is 12.1. The SMILES string of the molecule is COc1ccc(/C=C2/NC(=S)N(C)C2=O)cc1COc1ccc(Cl)c(C)c1. The number of ether oxygens (including phenoxy) is 2. The normalized spacial score (nSPS) is 15.3. The van der Waals surface area contributed by atoms with E-state index >= 15 is 0 Å². The van der Waals surface area contributed by atoms with Crippen molar-refractivity contribution in [2.24, 2.45) is 0 Å². The van der Waals surface area contributed by atoms with Gasteiger partial charge < -0.3 is 14.8 Å². The fourth-order valence-corrected chi connectivity index (χ4v) is 2.97. The lowest BCUT2D eigenvalue weighted by molar-refractivity contribution is -0.121. The van der Waals surface area contributed by atoms with Crippen LogP contribution in [-0.4, -0.2) is 30.1 Å². The first-order chi connectivity index (χ1) is 12.9. The van der Waals surface area contributed by atoms with Crippen molar-refractivity contribution >= 4 is 40.9 Å². The van der Waals surface area contributed by atoms with Gasteiger partial charge in [0.05, 0.1) is 7.11 Å². The summed E-state index contributed by atoms with van der Waals surface area (Å²) in [5.74, 6) is 1.27. The van der Waals surface area contributed by atoms with Crippen molar-refractivity contribution in [1.29, 1.82) is 0 Å². The first-order valence-corrected chi connectivity index (χ1v) is 9.04. The minimum absolute atomic E-state index is 0.162. The molecule has 1 fully saturated rings. The minimum Gasteiger partial charge on any atom is -0.496 e. The monoisotopic (exact) mass is 402 g/mol. The number of thiocarbonyl (C=S) groups is 1. The Morgan fingerprint density at radius 2 is 2.04 bits per heavy atom. The summed E-state index contributed by atoms with van der Waals surface area (Å²) < 4.78 is 11.3. The molecular formula is C20H19ClN2O3S. The van der Waals surface area contributed by atoms with Gasteiger partial charge in [0, 0.05) is 17.6 Å². The highest BCUT2D eigenvalue weighted by Gasteiger charge is 2.26. The molecule has 1 saturated heterocycles. The highest BCUT2D eigenvalue weighted by Crippen LogP contribution is 2.26. The van der Waals surface area contributed by atoms with Crippen LogP contribution in [0.4, 0.5) is 0 Å². The average Bonchev–Trinajstić information content (AvgIpc) is 2.89. The van der Waals surface area contributed by atoms with Crippen molar-refractivity contribution in [1.82, 2.24) is 10.2 Å². The number of aryl methyl sites for hydroxylation is 1. The summed E-state index contributed by atoms with van der Waals surface area (Å²) in [5, 5.41) is 4.00. The number of nitrogens with zero attached hydrogens (tertiary/aromatic N) is 1. The number of halogens is 1. The molecule has 1 amide bonds. The third-order valence-corrected chi connectivity index (χ3v) is 5.02. The van der Waals surface area contributed by atoms with Crippen molar-refractivity contribution in [2.45, 2.75) is 13.5 Å². The number of rotatable bonds is 5. The fourth-order valence-electron chi connectivity index (χ4n) is 2.66. The van der Waals surface area contributed by atoms with Gasteiger partial charge in [-0.15, -0.1) is 0 Å². The summed E-state index contributed by atoms with van der Waals surface area (Å²) in [6, 6.07) is 11.2. The molecule has 7 heteroatoms. The van der Waals surface area contributed by atoms with Crippen LogP contribution in [0.1, 0.15) is 16.7 Å². The Morgan fingerprint density at radius 3 is 2.67 bits per heavy atom. The van der Waals surface area contributed by atoms with E-state index in [1.165, 1.54) is 4.90 Å². The van der Waals surface area contributed by atoms with Crippen molar-refractivity contribution in [3.63, 3.8) is 0 Å². The number of hydrogen-bond donors (Lipinski definition) is 1. The van der Waals surface area contributed by atoms with Gasteiger partial charge in [0.25, 0.3) is 5.91 Å². The molecular weight excluding hydrogens is 384 g/mol. The van der Waals surface area contributed by atoms with Crippen LogP contribution in [0.5, 0.6) is 11.5 Å². The molecule has 0 aromatic heterocycles. The van der Waals surface area contributed by atoms with E-state index in [0.717, 1.165) is 22.4 Å². The van der Waals surface area contributed by atoms with Gasteiger partial charge in [-0.3, -0.25) is 9.69 Å². The Kier molecular flexibility index (Phi) is 5.68. The first-order valence-electron chi connectivity index (χ1n) is 8.25. The summed E-state index contributed by atoms with van der Waals surface area (Å²) in [6.45, 7) is 2.25. The minimum atomic E-state index is -0.162. The Labute approximate surface area is 168 Å². The number of likely N-dealkylation sites (N-methyl/N-ethyl adjacent to an activating group) is 1. The van der Waals surface area contributed by atoms with Crippen molar-refractivity contribution in [3.8, 4) is 11.5 Å². The molecule has 5 nitrogen and oxygen atoms in total. The van der Waals surface area contributed by atoms with Crippen LogP contribution in [0.3, 0.4) is 0 Å². The molecule has 1 heterocycles. The van der Waals surface area contributed by atoms with Gasteiger partial charge in [-0.25, -0.2) is 0 Å². The third kappa shape index (κ3) is 4.23. The van der Waals surface area contributed by atoms with Gasteiger partial charge in [0.2, 0.25) is 0 Å². The second-order valence-electron chi connectivity index (χ2n) is 6.12. The van der Waals surface area contributed by atoms with E-state index in [1.54, 1.807) is 26.3 Å². The summed E-state index contributed by atoms with van der Waals surface area (Å²) in [6.07, 6.45) is 1.76. The van der Waals surface area contributed by atoms with E-state index in [4.69, 9.17) is 33.3 Å². The molecule has 140 valence electrons. The van der Waals surface area contributed by atoms with Gasteiger partial charge in [0.1, 0.15) is 23.8 Å². The molecule has 1 aliphatic heterocycles. The van der Waals surface area contributed by atoms with Crippen LogP contribution in [0.15, 0.2) is 42.1 Å². The quantitative estimate of drug-likeness (QED) is 0.606. The zero-order valence-electron chi connectivity index (χ0n) is 15.2. The smallest absolute Gasteiger partial charge is 0.276 e. The highest BCUT2D eigenvalue weighted by molar-refractivity contribution is 7.80. The van der Waals surface area contributed by atoms with E-state index in [9.17, 15) is 4.79 Å². The number of nitrogens with one attached hydrogen (secondary N) is 1. The van der Waals surface area contributed by atoms with Crippen molar-refractivity contribution in [2.75, 3.05) is 14.2 Å². The van der Waals surface area contributed by atoms with Gasteiger partial charge in [-0.1, -0.05) is 17.7 Å². The Morgan fingerprint density at radius 1 is 1.26 bits per heavy atom. The number of carbonyl (C=O) groups is 1. The van der Waals surface area contributed by atoms with E-state index < -0.39 is 0 Å². The molecule has 2 aromatic carbocycles. The van der Waals surface area contributed by atoms with Crippen LogP contribution in [0.25, 0.3) is 6.08 Å². The molecule has 3 rings (SSSR count). The van der Waals surface area contributed by atoms with Gasteiger partial charge in [0.15, 0.2) is 5.11 Å². The van der Waals surface area contributed by atoms with Gasteiger partial charge in [-0.2, -0.15) is 0 Å². The second-order valence-corrected chi connectivity index (χ2v) is 6.92. The first kappa shape index (κ1) is 19.2. The molecule has 2 aromatic rings. The average molecular weight is 403 g/mol. The Balaban J connectivity index is 1.82. The fraction of sp³-hybridized carbons (Fsp3) is 0.200. The molecule has 27 heavy (non-hydrogen) atoms. The van der Waals surface area contributed by atoms with E-state index in [2.05, 4.69) is 5.32 Å². The molecule has 0 bridgehead atoms. The zero-order chi connectivity index (χ0) is 19.6. The van der Waals surface area contributed by atoms with Crippen molar-refractivity contribution in [3.05, 3.63) is 63.8 Å². The highest BCUT2D eigenvalue weighted by atomic mass is 35.5. The maximum Gasteiger partial charge on any atom is 0.276 e. The molecule has 0 radical (unpaired) electrons. The molecule has 0 unspecified atom stereocenters. The topological polar surface area (TPSA) is 50.8 Å². The van der Waals surface area contributed by atoms with E-state index in [-0.39, 0.29) is 5.91 Å². The van der Waals surface area contributed by atoms with Crippen LogP contribution >= 0.6 is 23.8 Å². The summed E-state index contributed by atoms with van der Waals surface area (Å²) in [7, 11) is 3.25. The lowest BCUT2D eigenvalue weighted by Crippen LogP contribution is -2.25. The molecule has 1 N–H and O–H groups in total. The van der Waals surface area contributed by atoms with Crippen LogP contribution in [0, 0.1) is 6.92 Å². The predicted molar refractivity (Wildman–Crippen MR) is 110 cm³/mol. The number of amides is 1. The van der Waals surface area contributed by atoms with Crippen LogP contribution < -0.4 is 14.8 Å². The lowest BCUT2D eigenvalue weighted by atomic mass is 10.1. The number of methoxy groups -OCH3 is 1. The molecule has 1 aliphatic rings. The summed E-state index contributed by atoms with van der Waals surface area (Å²) in [5.41, 5.74) is 3.09. The number of carbonyl (C=O) groups excluding carboxylic acids is 1. The van der Waals surface area contributed by atoms with Gasteiger partial charge in [-0.05, 0) is 66.7 Å². The molecule has 0 atom stereocenters. The molecule has 0 spiro atoms. The number of hydrogen-bond acceptors (Lipinski definition) is 4. The largest absolute Gasteiger partial charge is 0.496 e. The second kappa shape index (κ2) is 7.98. The Bertz CT molecular complexity index is 943. The number of benzene rings is 2. The molecule has 0 aliphatic carbocycles. The Hall–Kier alpha value is -2.57. The van der Waals surface area contributed by atoms with Crippen LogP contribution in [0.2, 0.25) is 5.02 Å². The maximum atomic E-state index is 12.1. The molecule has 0 saturated carbocycles. The lowest BCUT2D eigenvalue weighted by Gasteiger charge is -2.12. The summed E-state index contributed by atoms with van der Waals surface area (Å²) in [4.78, 5) is 13.5. The van der Waals surface area contributed by atoms with E-state index in [1.807, 2.05) is 37.3 Å². The van der Waals surface area contributed by atoms with Crippen LogP contribution in [-0.2, 0) is 11.4 Å². The zero-order valence-corrected chi connectivity index (χ0v) is 16.8. The third-order valence-electron chi connectivity index (χ3n) is 4.22. The predicted octanol–water partition coefficient (Wildman–Crippen LogP) is 3.92. The van der Waals surface area contributed by atoms with Gasteiger partial charge >= 0.3 is 0 Å². The summed E-state index contributed by atoms with van der Waals surface area (Å²) >= 11 is 11.1. The van der Waals surface area contributed by atoms with Crippen molar-refractivity contribution < 1.29 is 14.3 Å². The standard InChI is InChI=1S/C20H19ClN2O3S/c1-12-8-15(5-6-16(12)21)26-11-14-9-13(4-7-18(14)25-3)10-17-19(24)23(2)20(27)22-17/h4-10H,11H2,1-3H3,(H,22,27)/b17-10+. The van der Waals surface area contributed by atoms with E-state index in [0.29, 0.717) is 28.2 Å².